The van der Waals surface area contributed by atoms with Gasteiger partial charge in [0.1, 0.15) is 5.78 Å². The van der Waals surface area contributed by atoms with E-state index in [1.165, 1.54) is 12.6 Å². The van der Waals surface area contributed by atoms with Gasteiger partial charge in [-0.25, -0.2) is 5.06 Å². The van der Waals surface area contributed by atoms with Gasteiger partial charge < -0.3 is 0 Å². The first kappa shape index (κ1) is 26.1. The Labute approximate surface area is 217 Å². The van der Waals surface area contributed by atoms with Gasteiger partial charge in [0.05, 0.1) is 0 Å². The van der Waals surface area contributed by atoms with Gasteiger partial charge in [0, 0.05) is 30.2 Å². The number of hydrogen-bond acceptors (Lipinski definition) is 4. The Bertz CT molecular complexity index is 1060. The topological polar surface area (TPSA) is 74.7 Å². The van der Waals surface area contributed by atoms with Gasteiger partial charge >= 0.3 is 0 Å². The summed E-state index contributed by atoms with van der Waals surface area (Å²) in [6.45, 7) is 15.7. The van der Waals surface area contributed by atoms with E-state index in [1.54, 1.807) is 0 Å². The second-order valence-electron chi connectivity index (χ2n) is 15.2. The molecule has 5 aliphatic carbocycles. The van der Waals surface area contributed by atoms with Crippen molar-refractivity contribution < 1.29 is 19.6 Å². The summed E-state index contributed by atoms with van der Waals surface area (Å²) in [7, 11) is 1.43. The molecule has 36 heavy (non-hydrogen) atoms. The Morgan fingerprint density at radius 2 is 1.58 bits per heavy atom. The molecule has 4 saturated carbocycles. The van der Waals surface area contributed by atoms with Crippen molar-refractivity contribution in [3.8, 4) is 0 Å². The van der Waals surface area contributed by atoms with Crippen molar-refractivity contribution >= 4 is 17.5 Å². The normalized spacial score (nSPS) is 49.7. The lowest BCUT2D eigenvalue weighted by Crippen LogP contribution is -2.66. The minimum atomic E-state index is -0.620. The number of allylic oxidation sites excluding steroid dienone is 2. The summed E-state index contributed by atoms with van der Waals surface area (Å²) in [6.07, 6.45) is 9.92. The molecule has 1 N–H and O–H groups in total. The van der Waals surface area contributed by atoms with E-state index in [2.05, 4.69) is 41.5 Å². The number of Topliss-reactive ketones (excluding diaryl/α,β-unsaturated/α-hetero) is 1. The van der Waals surface area contributed by atoms with E-state index in [4.69, 9.17) is 0 Å². The molecule has 1 amide bonds. The zero-order valence-electron chi connectivity index (χ0n) is 23.8. The third kappa shape index (κ3) is 3.07. The minimum Gasteiger partial charge on any atom is -0.299 e. The average molecular weight is 498 g/mol. The summed E-state index contributed by atoms with van der Waals surface area (Å²) in [5, 5.41) is 10.8. The minimum absolute atomic E-state index is 0.0724. The summed E-state index contributed by atoms with van der Waals surface area (Å²) in [5.41, 5.74) is -0.109. The first-order valence-corrected chi connectivity index (χ1v) is 14.2. The van der Waals surface area contributed by atoms with Gasteiger partial charge in [0.15, 0.2) is 5.78 Å². The molecule has 0 aromatic heterocycles. The maximum atomic E-state index is 14.3. The summed E-state index contributed by atoms with van der Waals surface area (Å²) in [4.78, 5) is 40.3. The SMILES string of the molecule is CN(O)C(=O)[C@@]1(C)CC[C@]2(C)CC[C@]3(C)C(=CC(=O)C4[C@@]5(C)CCC(=O)C(C)(C)C5CC[C@]43C)C2C1. The molecule has 5 heteroatoms. The number of hydrogen-bond donors (Lipinski definition) is 1. The van der Waals surface area contributed by atoms with Crippen LogP contribution in [0.2, 0.25) is 0 Å². The summed E-state index contributed by atoms with van der Waals surface area (Å²) < 4.78 is 0. The third-order valence-electron chi connectivity index (χ3n) is 13.1. The van der Waals surface area contributed by atoms with Crippen LogP contribution in [0.25, 0.3) is 0 Å². The van der Waals surface area contributed by atoms with Gasteiger partial charge in [0.2, 0.25) is 0 Å². The van der Waals surface area contributed by atoms with Crippen molar-refractivity contribution in [3.63, 3.8) is 0 Å². The fourth-order valence-electron chi connectivity index (χ4n) is 10.6. The summed E-state index contributed by atoms with van der Waals surface area (Å²) in [5.74, 6) is 0.712. The van der Waals surface area contributed by atoms with E-state index in [-0.39, 0.29) is 56.5 Å². The lowest BCUT2D eigenvalue weighted by Gasteiger charge is -2.70. The molecule has 0 spiro atoms. The van der Waals surface area contributed by atoms with Crippen molar-refractivity contribution in [2.45, 2.75) is 106 Å². The number of rotatable bonds is 1. The Morgan fingerprint density at radius 1 is 0.944 bits per heavy atom. The lowest BCUT2D eigenvalue weighted by atomic mass is 9.33. The predicted octanol–water partition coefficient (Wildman–Crippen LogP) is 6.38. The highest BCUT2D eigenvalue weighted by Crippen LogP contribution is 2.74. The van der Waals surface area contributed by atoms with Crippen LogP contribution in [0.4, 0.5) is 0 Å². The summed E-state index contributed by atoms with van der Waals surface area (Å²) in [6, 6.07) is 0. The van der Waals surface area contributed by atoms with Crippen LogP contribution >= 0.6 is 0 Å². The molecule has 0 radical (unpaired) electrons. The van der Waals surface area contributed by atoms with Gasteiger partial charge in [-0.2, -0.15) is 0 Å². The van der Waals surface area contributed by atoms with E-state index in [9.17, 15) is 19.6 Å². The molecule has 3 unspecified atom stereocenters. The Morgan fingerprint density at radius 3 is 2.22 bits per heavy atom. The van der Waals surface area contributed by atoms with E-state index >= 15 is 0 Å². The van der Waals surface area contributed by atoms with Crippen LogP contribution in [0.1, 0.15) is 106 Å². The van der Waals surface area contributed by atoms with Crippen LogP contribution in [-0.2, 0) is 14.4 Å². The Balaban J connectivity index is 1.61. The second kappa shape index (κ2) is 7.55. The van der Waals surface area contributed by atoms with Crippen LogP contribution in [0.3, 0.4) is 0 Å². The zero-order chi connectivity index (χ0) is 26.7. The van der Waals surface area contributed by atoms with Gasteiger partial charge in [-0.1, -0.05) is 54.0 Å². The van der Waals surface area contributed by atoms with Crippen molar-refractivity contribution in [2.75, 3.05) is 7.05 Å². The van der Waals surface area contributed by atoms with E-state index in [0.29, 0.717) is 18.6 Å². The largest absolute Gasteiger partial charge is 0.299 e. The molecule has 5 nitrogen and oxygen atoms in total. The number of ketones is 2. The molecule has 200 valence electrons. The molecule has 0 aromatic carbocycles. The van der Waals surface area contributed by atoms with E-state index in [1.807, 2.05) is 13.0 Å². The number of carbonyl (C=O) groups excluding carboxylic acids is 3. The predicted molar refractivity (Wildman–Crippen MR) is 139 cm³/mol. The molecule has 0 saturated heterocycles. The number of amides is 1. The quantitative estimate of drug-likeness (QED) is 0.337. The van der Waals surface area contributed by atoms with E-state index in [0.717, 1.165) is 50.0 Å². The van der Waals surface area contributed by atoms with Crippen LogP contribution < -0.4 is 0 Å². The monoisotopic (exact) mass is 497 g/mol. The highest BCUT2D eigenvalue weighted by Gasteiger charge is 2.70. The van der Waals surface area contributed by atoms with Gasteiger partial charge in [-0.05, 0) is 90.9 Å². The molecule has 0 aromatic rings. The van der Waals surface area contributed by atoms with Crippen LogP contribution in [-0.4, -0.2) is 34.8 Å². The highest BCUT2D eigenvalue weighted by atomic mass is 16.5. The van der Waals surface area contributed by atoms with Gasteiger partial charge in [0.25, 0.3) is 5.91 Å². The number of fused-ring (bicyclic) bond motifs is 7. The number of hydroxylamine groups is 2. The van der Waals surface area contributed by atoms with Crippen LogP contribution in [0.5, 0.6) is 0 Å². The smallest absolute Gasteiger partial charge is 0.251 e. The molecular weight excluding hydrogens is 450 g/mol. The Hall–Kier alpha value is -1.49. The molecule has 0 aliphatic heterocycles. The van der Waals surface area contributed by atoms with Crippen molar-refractivity contribution in [3.05, 3.63) is 11.6 Å². The Kier molecular flexibility index (Phi) is 5.48. The maximum absolute atomic E-state index is 14.3. The van der Waals surface area contributed by atoms with Crippen molar-refractivity contribution in [1.82, 2.24) is 5.06 Å². The fraction of sp³-hybridized carbons (Fsp3) is 0.839. The van der Waals surface area contributed by atoms with Gasteiger partial charge in [-0.15, -0.1) is 0 Å². The second-order valence-corrected chi connectivity index (χ2v) is 15.2. The molecular formula is C31H47NO4. The highest BCUT2D eigenvalue weighted by molar-refractivity contribution is 5.96. The number of nitrogens with zero attached hydrogens (tertiary/aromatic N) is 1. The van der Waals surface area contributed by atoms with Crippen molar-refractivity contribution in [2.24, 2.45) is 50.2 Å². The van der Waals surface area contributed by atoms with Gasteiger partial charge in [-0.3, -0.25) is 19.6 Å². The third-order valence-corrected chi connectivity index (χ3v) is 13.1. The molecule has 8 atom stereocenters. The van der Waals surface area contributed by atoms with Crippen molar-refractivity contribution in [1.29, 1.82) is 0 Å². The van der Waals surface area contributed by atoms with Crippen LogP contribution in [0.15, 0.2) is 11.6 Å². The molecule has 0 heterocycles. The molecule has 5 rings (SSSR count). The lowest BCUT2D eigenvalue weighted by molar-refractivity contribution is -0.190. The maximum Gasteiger partial charge on any atom is 0.251 e. The zero-order valence-corrected chi connectivity index (χ0v) is 23.8. The molecule has 5 aliphatic rings. The first-order chi connectivity index (χ1) is 16.5. The molecule has 4 fully saturated rings. The standard InChI is InChI=1S/C31H47NO4/c1-26(2)22-9-12-31(7)24(29(22,5)11-10-23(26)34)21(33)17-19-20-18-28(4,25(35)32(8)36)14-13-27(20,3)15-16-30(19,31)6/h17,20,22,24,36H,9-16,18H2,1-8H3/t20?,22?,24?,27-,28+,29+,30-,31-/m1/s1. The number of carbonyl (C=O) groups is 3. The van der Waals surface area contributed by atoms with E-state index < -0.39 is 5.41 Å². The van der Waals surface area contributed by atoms with Crippen LogP contribution in [0, 0.1) is 50.2 Å². The molecule has 0 bridgehead atoms. The average Bonchev–Trinajstić information content (AvgIpc) is 2.78. The summed E-state index contributed by atoms with van der Waals surface area (Å²) >= 11 is 0. The fourth-order valence-corrected chi connectivity index (χ4v) is 10.6. The first-order valence-electron chi connectivity index (χ1n) is 14.2.